The van der Waals surface area contributed by atoms with E-state index in [0.717, 1.165) is 17.8 Å². The van der Waals surface area contributed by atoms with Crippen LogP contribution in [0.2, 0.25) is 0 Å². The molecule has 3 heteroatoms. The van der Waals surface area contributed by atoms with Crippen molar-refractivity contribution in [3.05, 3.63) is 17.5 Å². The van der Waals surface area contributed by atoms with E-state index < -0.39 is 0 Å². The number of rotatable bonds is 6. The standard InChI is InChI=1S/C12H23N3/c1-5-6-9(2)13-10(3)7-12-8-11(4)14-15-12/h8-10,13H,5-7H2,1-4H3,(H,14,15). The van der Waals surface area contributed by atoms with Crippen molar-refractivity contribution in [2.24, 2.45) is 0 Å². The maximum absolute atomic E-state index is 4.24. The molecule has 0 saturated heterocycles. The van der Waals surface area contributed by atoms with Gasteiger partial charge in [-0.25, -0.2) is 0 Å². The van der Waals surface area contributed by atoms with Crippen LogP contribution in [0.15, 0.2) is 6.07 Å². The summed E-state index contributed by atoms with van der Waals surface area (Å²) in [6.07, 6.45) is 3.48. The molecule has 2 atom stereocenters. The predicted molar refractivity (Wildman–Crippen MR) is 64.0 cm³/mol. The lowest BCUT2D eigenvalue weighted by Gasteiger charge is -2.18. The molecule has 0 bridgehead atoms. The molecule has 0 aliphatic heterocycles. The number of nitrogens with one attached hydrogen (secondary N) is 2. The van der Waals surface area contributed by atoms with Crippen LogP contribution < -0.4 is 5.32 Å². The Kier molecular flexibility index (Phi) is 4.82. The highest BCUT2D eigenvalue weighted by molar-refractivity contribution is 5.07. The summed E-state index contributed by atoms with van der Waals surface area (Å²) < 4.78 is 0. The molecule has 0 amide bonds. The van der Waals surface area contributed by atoms with Crippen molar-refractivity contribution in [3.63, 3.8) is 0 Å². The van der Waals surface area contributed by atoms with E-state index in [9.17, 15) is 0 Å². The molecule has 0 aromatic carbocycles. The lowest BCUT2D eigenvalue weighted by atomic mass is 10.1. The van der Waals surface area contributed by atoms with Gasteiger partial charge in [0.1, 0.15) is 0 Å². The third kappa shape index (κ3) is 4.47. The molecule has 1 rings (SSSR count). The van der Waals surface area contributed by atoms with E-state index in [4.69, 9.17) is 0 Å². The molecule has 3 nitrogen and oxygen atoms in total. The minimum atomic E-state index is 0.495. The number of hydrogen-bond acceptors (Lipinski definition) is 2. The zero-order chi connectivity index (χ0) is 11.3. The first-order chi connectivity index (χ1) is 7.11. The highest BCUT2D eigenvalue weighted by Gasteiger charge is 2.08. The summed E-state index contributed by atoms with van der Waals surface area (Å²) in [5, 5.41) is 10.8. The molecule has 1 aromatic rings. The highest BCUT2D eigenvalue weighted by atomic mass is 15.1. The van der Waals surface area contributed by atoms with Crippen LogP contribution in [-0.2, 0) is 6.42 Å². The Balaban J connectivity index is 2.32. The van der Waals surface area contributed by atoms with Crippen molar-refractivity contribution in [1.82, 2.24) is 15.5 Å². The van der Waals surface area contributed by atoms with Gasteiger partial charge in [-0.2, -0.15) is 5.10 Å². The van der Waals surface area contributed by atoms with Gasteiger partial charge in [0.15, 0.2) is 0 Å². The normalized spacial score (nSPS) is 15.2. The van der Waals surface area contributed by atoms with E-state index in [-0.39, 0.29) is 0 Å². The zero-order valence-corrected chi connectivity index (χ0v) is 10.3. The largest absolute Gasteiger partial charge is 0.311 e. The quantitative estimate of drug-likeness (QED) is 0.755. The van der Waals surface area contributed by atoms with Gasteiger partial charge in [-0.15, -0.1) is 0 Å². The summed E-state index contributed by atoms with van der Waals surface area (Å²) in [6, 6.07) is 3.21. The molecule has 2 N–H and O–H groups in total. The summed E-state index contributed by atoms with van der Waals surface area (Å²) in [4.78, 5) is 0. The van der Waals surface area contributed by atoms with Crippen LogP contribution in [0.5, 0.6) is 0 Å². The van der Waals surface area contributed by atoms with Crippen LogP contribution in [0, 0.1) is 6.92 Å². The molecule has 86 valence electrons. The summed E-state index contributed by atoms with van der Waals surface area (Å²) in [6.45, 7) is 8.72. The monoisotopic (exact) mass is 209 g/mol. The summed E-state index contributed by atoms with van der Waals surface area (Å²) in [7, 11) is 0. The van der Waals surface area contributed by atoms with Gasteiger partial charge >= 0.3 is 0 Å². The molecule has 0 aliphatic carbocycles. The predicted octanol–water partition coefficient (Wildman–Crippen LogP) is 2.43. The van der Waals surface area contributed by atoms with Gasteiger partial charge in [-0.3, -0.25) is 5.10 Å². The van der Waals surface area contributed by atoms with E-state index in [1.54, 1.807) is 0 Å². The molecule has 15 heavy (non-hydrogen) atoms. The fourth-order valence-electron chi connectivity index (χ4n) is 1.95. The minimum Gasteiger partial charge on any atom is -0.311 e. The third-order valence-corrected chi connectivity index (χ3v) is 2.57. The second-order valence-corrected chi connectivity index (χ2v) is 4.50. The maximum atomic E-state index is 4.24. The van der Waals surface area contributed by atoms with Crippen LogP contribution in [0.4, 0.5) is 0 Å². The second kappa shape index (κ2) is 5.91. The van der Waals surface area contributed by atoms with Crippen molar-refractivity contribution in [3.8, 4) is 0 Å². The first-order valence-electron chi connectivity index (χ1n) is 5.88. The van der Waals surface area contributed by atoms with Gasteiger partial charge in [0.25, 0.3) is 0 Å². The maximum Gasteiger partial charge on any atom is 0.0640 e. The van der Waals surface area contributed by atoms with Gasteiger partial charge in [0.2, 0.25) is 0 Å². The molecule has 2 unspecified atom stereocenters. The number of H-pyrrole nitrogens is 1. The van der Waals surface area contributed by atoms with Crippen LogP contribution in [0.25, 0.3) is 0 Å². The SMILES string of the molecule is CCCC(C)NC(C)Cc1cc(C)[nH]n1. The molecule has 0 spiro atoms. The molecule has 0 fully saturated rings. The Morgan fingerprint density at radius 2 is 2.13 bits per heavy atom. The van der Waals surface area contributed by atoms with Crippen LogP contribution in [0.1, 0.15) is 45.0 Å². The fraction of sp³-hybridized carbons (Fsp3) is 0.750. The average molecular weight is 209 g/mol. The molecular weight excluding hydrogens is 186 g/mol. The number of aromatic nitrogens is 2. The van der Waals surface area contributed by atoms with Gasteiger partial charge in [-0.05, 0) is 33.3 Å². The summed E-state index contributed by atoms with van der Waals surface area (Å²) in [5.41, 5.74) is 2.29. The van der Waals surface area contributed by atoms with Crippen molar-refractivity contribution >= 4 is 0 Å². The second-order valence-electron chi connectivity index (χ2n) is 4.50. The van der Waals surface area contributed by atoms with E-state index in [1.165, 1.54) is 12.8 Å². The first kappa shape index (κ1) is 12.2. The Hall–Kier alpha value is -0.830. The fourth-order valence-corrected chi connectivity index (χ4v) is 1.95. The van der Waals surface area contributed by atoms with E-state index in [1.807, 2.05) is 6.92 Å². The van der Waals surface area contributed by atoms with Gasteiger partial charge < -0.3 is 5.32 Å². The highest BCUT2D eigenvalue weighted by Crippen LogP contribution is 2.04. The number of aromatic amines is 1. The minimum absolute atomic E-state index is 0.495. The lowest BCUT2D eigenvalue weighted by molar-refractivity contribution is 0.439. The molecule has 0 radical (unpaired) electrons. The molecule has 0 aliphatic rings. The number of nitrogens with zero attached hydrogens (tertiary/aromatic N) is 1. The zero-order valence-electron chi connectivity index (χ0n) is 10.3. The molecule has 1 heterocycles. The van der Waals surface area contributed by atoms with Crippen molar-refractivity contribution < 1.29 is 0 Å². The van der Waals surface area contributed by atoms with Crippen molar-refractivity contribution in [2.75, 3.05) is 0 Å². The van der Waals surface area contributed by atoms with Crippen LogP contribution in [0.3, 0.4) is 0 Å². The first-order valence-corrected chi connectivity index (χ1v) is 5.88. The Morgan fingerprint density at radius 3 is 2.67 bits per heavy atom. The molecule has 0 saturated carbocycles. The van der Waals surface area contributed by atoms with E-state index >= 15 is 0 Å². The third-order valence-electron chi connectivity index (χ3n) is 2.57. The van der Waals surface area contributed by atoms with Crippen molar-refractivity contribution in [2.45, 2.75) is 59.0 Å². The number of hydrogen-bond donors (Lipinski definition) is 2. The topological polar surface area (TPSA) is 40.7 Å². The van der Waals surface area contributed by atoms with Gasteiger partial charge in [0.05, 0.1) is 5.69 Å². The average Bonchev–Trinajstić information content (AvgIpc) is 2.51. The van der Waals surface area contributed by atoms with Crippen LogP contribution >= 0.6 is 0 Å². The van der Waals surface area contributed by atoms with Crippen molar-refractivity contribution in [1.29, 1.82) is 0 Å². The van der Waals surface area contributed by atoms with Gasteiger partial charge in [-0.1, -0.05) is 13.3 Å². The molecular formula is C12H23N3. The Bertz CT molecular complexity index is 280. The summed E-state index contributed by atoms with van der Waals surface area (Å²) >= 11 is 0. The van der Waals surface area contributed by atoms with E-state index in [2.05, 4.69) is 42.4 Å². The lowest BCUT2D eigenvalue weighted by Crippen LogP contribution is -2.35. The molecule has 1 aromatic heterocycles. The smallest absolute Gasteiger partial charge is 0.0640 e. The Labute approximate surface area is 92.7 Å². The van der Waals surface area contributed by atoms with Crippen LogP contribution in [-0.4, -0.2) is 22.3 Å². The van der Waals surface area contributed by atoms with Gasteiger partial charge in [0, 0.05) is 24.2 Å². The Morgan fingerprint density at radius 1 is 1.40 bits per heavy atom. The number of aryl methyl sites for hydroxylation is 1. The summed E-state index contributed by atoms with van der Waals surface area (Å²) in [5.74, 6) is 0. The van der Waals surface area contributed by atoms with E-state index in [0.29, 0.717) is 12.1 Å².